The van der Waals surface area contributed by atoms with E-state index in [1.165, 1.54) is 0 Å². The van der Waals surface area contributed by atoms with Gasteiger partial charge in [0.15, 0.2) is 0 Å². The van der Waals surface area contributed by atoms with E-state index in [-0.39, 0.29) is 0 Å². The van der Waals surface area contributed by atoms with Gasteiger partial charge in [0.25, 0.3) is 0 Å². The van der Waals surface area contributed by atoms with Gasteiger partial charge in [-0.3, -0.25) is 4.79 Å². The Kier molecular flexibility index (Phi) is 3.13. The summed E-state index contributed by atoms with van der Waals surface area (Å²) in [6, 6.07) is 5.10. The Labute approximate surface area is 106 Å². The van der Waals surface area contributed by atoms with Crippen molar-refractivity contribution in [2.75, 3.05) is 0 Å². The number of hydrogen-bond donors (Lipinski definition) is 2. The van der Waals surface area contributed by atoms with Gasteiger partial charge in [0.1, 0.15) is 6.04 Å². The second-order valence-electron chi connectivity index (χ2n) is 4.58. The van der Waals surface area contributed by atoms with Gasteiger partial charge in [0.2, 0.25) is 0 Å². The summed E-state index contributed by atoms with van der Waals surface area (Å²) in [6.45, 7) is 6.77. The lowest BCUT2D eigenvalue weighted by Gasteiger charge is -2.08. The van der Waals surface area contributed by atoms with Gasteiger partial charge in [-0.25, -0.2) is 0 Å². The van der Waals surface area contributed by atoms with Crippen molar-refractivity contribution in [1.29, 1.82) is 0 Å². The molecule has 0 fully saturated rings. The van der Waals surface area contributed by atoms with Gasteiger partial charge in [0, 0.05) is 28.7 Å². The van der Waals surface area contributed by atoms with Crippen LogP contribution in [-0.2, 0) is 11.3 Å². The first-order valence-electron chi connectivity index (χ1n) is 6.05. The molecule has 2 aromatic rings. The lowest BCUT2D eigenvalue weighted by Crippen LogP contribution is -2.21. The molecule has 0 amide bonds. The van der Waals surface area contributed by atoms with Crippen LogP contribution in [0.25, 0.3) is 10.9 Å². The van der Waals surface area contributed by atoms with E-state index in [1.54, 1.807) is 0 Å². The van der Waals surface area contributed by atoms with E-state index in [0.29, 0.717) is 0 Å². The van der Waals surface area contributed by atoms with Crippen molar-refractivity contribution in [3.05, 3.63) is 35.0 Å². The van der Waals surface area contributed by atoms with Crippen LogP contribution in [0.3, 0.4) is 0 Å². The third kappa shape index (κ3) is 1.78. The maximum absolute atomic E-state index is 11.1. The van der Waals surface area contributed by atoms with Crippen LogP contribution in [0.4, 0.5) is 0 Å². The SMILES string of the molecule is CCn1c(C)c(C(N)C(=O)O)c2cc(C)ccc21. The lowest BCUT2D eigenvalue weighted by molar-refractivity contribution is -0.138. The highest BCUT2D eigenvalue weighted by Gasteiger charge is 2.23. The number of nitrogens with two attached hydrogens (primary N) is 1. The Balaban J connectivity index is 2.82. The number of aromatic nitrogens is 1. The number of carbonyl (C=O) groups is 1. The predicted molar refractivity (Wildman–Crippen MR) is 71.7 cm³/mol. The van der Waals surface area contributed by atoms with Crippen LogP contribution in [0.2, 0.25) is 0 Å². The van der Waals surface area contributed by atoms with Gasteiger partial charge in [-0.2, -0.15) is 0 Å². The molecule has 4 nitrogen and oxygen atoms in total. The predicted octanol–water partition coefficient (Wildman–Crippen LogP) is 2.36. The van der Waals surface area contributed by atoms with E-state index in [4.69, 9.17) is 10.8 Å². The molecular weight excluding hydrogens is 228 g/mol. The molecule has 96 valence electrons. The second-order valence-corrected chi connectivity index (χ2v) is 4.58. The normalized spacial score (nSPS) is 12.9. The molecule has 0 aliphatic carbocycles. The average Bonchev–Trinajstić information content (AvgIpc) is 2.59. The number of aryl methyl sites for hydroxylation is 2. The van der Waals surface area contributed by atoms with E-state index in [2.05, 4.69) is 4.57 Å². The number of benzene rings is 1. The molecule has 0 radical (unpaired) electrons. The van der Waals surface area contributed by atoms with Gasteiger partial charge in [0.05, 0.1) is 0 Å². The molecular formula is C14H18N2O2. The van der Waals surface area contributed by atoms with Gasteiger partial charge in [-0.1, -0.05) is 11.6 Å². The molecule has 0 aliphatic heterocycles. The first-order valence-corrected chi connectivity index (χ1v) is 6.05. The Morgan fingerprint density at radius 2 is 2.11 bits per heavy atom. The molecule has 1 aromatic heterocycles. The fourth-order valence-electron chi connectivity index (χ4n) is 2.55. The van der Waals surface area contributed by atoms with Crippen molar-refractivity contribution in [3.8, 4) is 0 Å². The molecule has 18 heavy (non-hydrogen) atoms. The molecule has 3 N–H and O–H groups in total. The van der Waals surface area contributed by atoms with Gasteiger partial charge >= 0.3 is 5.97 Å². The van der Waals surface area contributed by atoms with E-state index in [0.717, 1.165) is 34.3 Å². The summed E-state index contributed by atoms with van der Waals surface area (Å²) in [6.07, 6.45) is 0. The molecule has 1 heterocycles. The number of carboxylic acid groups (broad SMARTS) is 1. The third-order valence-electron chi connectivity index (χ3n) is 3.42. The molecule has 1 aromatic carbocycles. The topological polar surface area (TPSA) is 68.2 Å². The van der Waals surface area contributed by atoms with E-state index >= 15 is 0 Å². The van der Waals surface area contributed by atoms with Gasteiger partial charge in [-0.05, 0) is 32.9 Å². The maximum Gasteiger partial charge on any atom is 0.325 e. The van der Waals surface area contributed by atoms with Crippen LogP contribution >= 0.6 is 0 Å². The summed E-state index contributed by atoms with van der Waals surface area (Å²) in [5.41, 5.74) is 9.63. The zero-order valence-electron chi connectivity index (χ0n) is 10.9. The summed E-state index contributed by atoms with van der Waals surface area (Å²) < 4.78 is 2.10. The largest absolute Gasteiger partial charge is 0.480 e. The minimum atomic E-state index is -0.991. The van der Waals surface area contributed by atoms with Crippen molar-refractivity contribution >= 4 is 16.9 Å². The Morgan fingerprint density at radius 3 is 2.67 bits per heavy atom. The highest BCUT2D eigenvalue weighted by atomic mass is 16.4. The number of hydrogen-bond acceptors (Lipinski definition) is 2. The van der Waals surface area contributed by atoms with Crippen LogP contribution < -0.4 is 5.73 Å². The lowest BCUT2D eigenvalue weighted by atomic mass is 10.0. The fraction of sp³-hybridized carbons (Fsp3) is 0.357. The highest BCUT2D eigenvalue weighted by Crippen LogP contribution is 2.30. The van der Waals surface area contributed by atoms with Crippen LogP contribution in [-0.4, -0.2) is 15.6 Å². The van der Waals surface area contributed by atoms with Crippen molar-refractivity contribution in [2.45, 2.75) is 33.4 Å². The van der Waals surface area contributed by atoms with Gasteiger partial charge in [-0.15, -0.1) is 0 Å². The third-order valence-corrected chi connectivity index (χ3v) is 3.42. The number of nitrogens with zero attached hydrogens (tertiary/aromatic N) is 1. The molecule has 4 heteroatoms. The first-order chi connectivity index (χ1) is 8.47. The minimum absolute atomic E-state index is 0.725. The standard InChI is InChI=1S/C14H18N2O2/c1-4-16-9(3)12(13(15)14(17)18)10-7-8(2)5-6-11(10)16/h5-7,13H,4,15H2,1-3H3,(H,17,18). The van der Waals surface area contributed by atoms with Crippen LogP contribution in [0.5, 0.6) is 0 Å². The molecule has 1 unspecified atom stereocenters. The number of carboxylic acids is 1. The Bertz CT molecular complexity index is 614. The van der Waals surface area contributed by atoms with Crippen molar-refractivity contribution in [1.82, 2.24) is 4.57 Å². The molecule has 0 bridgehead atoms. The number of fused-ring (bicyclic) bond motifs is 1. The average molecular weight is 246 g/mol. The van der Waals surface area contributed by atoms with Crippen molar-refractivity contribution in [2.24, 2.45) is 5.73 Å². The molecule has 0 saturated carbocycles. The Morgan fingerprint density at radius 1 is 1.44 bits per heavy atom. The van der Waals surface area contributed by atoms with E-state index < -0.39 is 12.0 Å². The van der Waals surface area contributed by atoms with Crippen LogP contribution in [0.1, 0.15) is 29.8 Å². The maximum atomic E-state index is 11.1. The summed E-state index contributed by atoms with van der Waals surface area (Å²) in [7, 11) is 0. The Hall–Kier alpha value is -1.81. The highest BCUT2D eigenvalue weighted by molar-refractivity contribution is 5.91. The zero-order chi connectivity index (χ0) is 13.4. The second kappa shape index (κ2) is 4.46. The number of rotatable bonds is 3. The quantitative estimate of drug-likeness (QED) is 0.873. The fourth-order valence-corrected chi connectivity index (χ4v) is 2.55. The summed E-state index contributed by atoms with van der Waals surface area (Å²) >= 11 is 0. The summed E-state index contributed by atoms with van der Waals surface area (Å²) in [5.74, 6) is -0.991. The summed E-state index contributed by atoms with van der Waals surface area (Å²) in [4.78, 5) is 11.1. The minimum Gasteiger partial charge on any atom is -0.480 e. The molecule has 0 aliphatic rings. The zero-order valence-corrected chi connectivity index (χ0v) is 10.9. The van der Waals surface area contributed by atoms with Gasteiger partial charge < -0.3 is 15.4 Å². The van der Waals surface area contributed by atoms with E-state index in [1.807, 2.05) is 39.0 Å². The first kappa shape index (κ1) is 12.6. The van der Waals surface area contributed by atoms with Crippen LogP contribution in [0.15, 0.2) is 18.2 Å². The molecule has 2 rings (SSSR count). The number of aliphatic carboxylic acids is 1. The smallest absolute Gasteiger partial charge is 0.325 e. The van der Waals surface area contributed by atoms with Crippen molar-refractivity contribution < 1.29 is 9.90 Å². The van der Waals surface area contributed by atoms with Crippen LogP contribution in [0, 0.1) is 13.8 Å². The monoisotopic (exact) mass is 246 g/mol. The van der Waals surface area contributed by atoms with E-state index in [9.17, 15) is 4.79 Å². The summed E-state index contributed by atoms with van der Waals surface area (Å²) in [5, 5.41) is 10.1. The molecule has 0 saturated heterocycles. The molecule has 1 atom stereocenters. The molecule has 0 spiro atoms. The van der Waals surface area contributed by atoms with Crippen molar-refractivity contribution in [3.63, 3.8) is 0 Å².